The zero-order valence-corrected chi connectivity index (χ0v) is 20.6. The largest absolute Gasteiger partial charge is 0.490 e. The normalized spacial score (nSPS) is 14.7. The number of ether oxygens (including phenoxy) is 2. The Labute approximate surface area is 210 Å². The molecule has 0 saturated carbocycles. The molecular weight excluding hydrogens is 524 g/mol. The Morgan fingerprint density at radius 1 is 1.26 bits per heavy atom. The van der Waals surface area contributed by atoms with E-state index < -0.39 is 17.8 Å². The van der Waals surface area contributed by atoms with Gasteiger partial charge in [0.15, 0.2) is 16.6 Å². The van der Waals surface area contributed by atoms with E-state index in [-0.39, 0.29) is 29.4 Å². The van der Waals surface area contributed by atoms with E-state index in [0.717, 1.165) is 0 Å². The van der Waals surface area contributed by atoms with Gasteiger partial charge in [0, 0.05) is 6.54 Å². The van der Waals surface area contributed by atoms with Gasteiger partial charge in [-0.1, -0.05) is 18.2 Å². The predicted molar refractivity (Wildman–Crippen MR) is 134 cm³/mol. The zero-order valence-electron chi connectivity index (χ0n) is 18.2. The second-order valence-corrected chi connectivity index (χ2v) is 8.32. The molecule has 0 radical (unpaired) electrons. The highest BCUT2D eigenvalue weighted by Gasteiger charge is 2.32. The lowest BCUT2D eigenvalue weighted by Gasteiger charge is -2.27. The Kier molecular flexibility index (Phi) is 8.19. The molecule has 1 aliphatic heterocycles. The van der Waals surface area contributed by atoms with E-state index in [2.05, 4.69) is 27.8 Å². The molecule has 2 N–H and O–H groups in total. The number of thiocarbonyl (C=S) groups is 1. The summed E-state index contributed by atoms with van der Waals surface area (Å²) in [5.41, 5.74) is 1.28. The van der Waals surface area contributed by atoms with Crippen LogP contribution in [-0.2, 0) is 16.2 Å². The molecule has 1 heterocycles. The Balaban J connectivity index is 1.91. The van der Waals surface area contributed by atoms with Crippen LogP contribution < -0.4 is 14.8 Å². The van der Waals surface area contributed by atoms with Crippen LogP contribution in [0.3, 0.4) is 0 Å². The summed E-state index contributed by atoms with van der Waals surface area (Å²) in [7, 11) is 0. The van der Waals surface area contributed by atoms with E-state index in [4.69, 9.17) is 21.7 Å². The van der Waals surface area contributed by atoms with Crippen LogP contribution in [0.25, 0.3) is 6.08 Å². The van der Waals surface area contributed by atoms with Gasteiger partial charge in [-0.05, 0) is 76.5 Å². The van der Waals surface area contributed by atoms with Crippen LogP contribution in [0.2, 0.25) is 0 Å². The van der Waals surface area contributed by atoms with Gasteiger partial charge in [0.25, 0.3) is 11.8 Å². The molecule has 0 atom stereocenters. The smallest absolute Gasteiger partial charge is 0.335 e. The van der Waals surface area contributed by atoms with Gasteiger partial charge in [-0.3, -0.25) is 19.8 Å². The minimum Gasteiger partial charge on any atom is -0.490 e. The van der Waals surface area contributed by atoms with Gasteiger partial charge in [-0.25, -0.2) is 4.79 Å². The number of benzene rings is 2. The van der Waals surface area contributed by atoms with Crippen LogP contribution in [0, 0.1) is 0 Å². The third kappa shape index (κ3) is 5.70. The predicted octanol–water partition coefficient (Wildman–Crippen LogP) is 3.94. The van der Waals surface area contributed by atoms with E-state index in [1.807, 2.05) is 6.92 Å². The Hall–Kier alpha value is -3.50. The number of hydrogen-bond donors (Lipinski definition) is 2. The summed E-state index contributed by atoms with van der Waals surface area (Å²) in [6.45, 7) is 6.03. The third-order valence-electron chi connectivity index (χ3n) is 4.70. The number of nitrogens with zero attached hydrogens (tertiary/aromatic N) is 1. The molecule has 0 aliphatic carbocycles. The van der Waals surface area contributed by atoms with Crippen LogP contribution in [-0.4, -0.2) is 46.1 Å². The van der Waals surface area contributed by atoms with E-state index in [0.29, 0.717) is 33.7 Å². The van der Waals surface area contributed by atoms with E-state index in [1.54, 1.807) is 24.3 Å². The van der Waals surface area contributed by atoms with Gasteiger partial charge >= 0.3 is 5.97 Å². The average molecular weight is 545 g/mol. The lowest BCUT2D eigenvalue weighted by molar-refractivity contribution is -0.128. The lowest BCUT2D eigenvalue weighted by Crippen LogP contribution is -2.53. The lowest BCUT2D eigenvalue weighted by atomic mass is 10.1. The van der Waals surface area contributed by atoms with Crippen molar-refractivity contribution in [3.8, 4) is 11.5 Å². The van der Waals surface area contributed by atoms with Gasteiger partial charge in [0.1, 0.15) is 12.2 Å². The summed E-state index contributed by atoms with van der Waals surface area (Å²) in [5, 5.41) is 11.7. The van der Waals surface area contributed by atoms with Crippen molar-refractivity contribution in [2.45, 2.75) is 13.5 Å². The van der Waals surface area contributed by atoms with Gasteiger partial charge in [-0.15, -0.1) is 6.58 Å². The van der Waals surface area contributed by atoms with Gasteiger partial charge in [-0.2, -0.15) is 0 Å². The van der Waals surface area contributed by atoms with E-state index in [1.165, 1.54) is 29.2 Å². The molecule has 1 fully saturated rings. The Bertz CT molecular complexity index is 1210. The SMILES string of the molecule is C=CCN1C(=O)/C(=C/c2cc(Br)c(OCc3cccc(C(=O)O)c3)c(OCC)c2)C(=O)NC1=S. The second-order valence-electron chi connectivity index (χ2n) is 7.08. The van der Waals surface area contributed by atoms with Crippen molar-refractivity contribution < 1.29 is 29.0 Å². The average Bonchev–Trinajstić information content (AvgIpc) is 2.79. The molecule has 0 spiro atoms. The monoisotopic (exact) mass is 544 g/mol. The summed E-state index contributed by atoms with van der Waals surface area (Å²) >= 11 is 8.53. The highest BCUT2D eigenvalue weighted by Crippen LogP contribution is 2.38. The summed E-state index contributed by atoms with van der Waals surface area (Å²) in [5.74, 6) is -1.35. The molecule has 2 aromatic rings. The molecule has 34 heavy (non-hydrogen) atoms. The van der Waals surface area contributed by atoms with Crippen LogP contribution in [0.1, 0.15) is 28.4 Å². The fourth-order valence-corrected chi connectivity index (χ4v) is 4.00. The zero-order chi connectivity index (χ0) is 24.8. The van der Waals surface area contributed by atoms with Crippen LogP contribution in [0.5, 0.6) is 11.5 Å². The molecule has 1 aliphatic rings. The van der Waals surface area contributed by atoms with Gasteiger partial charge in [0.05, 0.1) is 16.6 Å². The van der Waals surface area contributed by atoms with Crippen molar-refractivity contribution >= 4 is 57.1 Å². The molecule has 2 amide bonds. The number of carboxylic acid groups (broad SMARTS) is 1. The number of amides is 2. The Morgan fingerprint density at radius 3 is 2.71 bits per heavy atom. The maximum Gasteiger partial charge on any atom is 0.335 e. The first-order valence-corrected chi connectivity index (χ1v) is 11.4. The standard InChI is InChI=1S/C24H21BrN2O6S/c1-3-8-27-22(29)17(21(28)26-24(27)34)10-15-11-18(25)20(19(12-15)32-4-2)33-13-14-6-5-7-16(9-14)23(30)31/h3,5-7,9-12H,1,4,8,13H2,2H3,(H,30,31)(H,26,28,34)/b17-10+. The van der Waals surface area contributed by atoms with Gasteiger partial charge < -0.3 is 14.6 Å². The molecule has 8 nitrogen and oxygen atoms in total. The highest BCUT2D eigenvalue weighted by atomic mass is 79.9. The number of hydrogen-bond acceptors (Lipinski definition) is 6. The molecule has 176 valence electrons. The fraction of sp³-hybridized carbons (Fsp3) is 0.167. The maximum atomic E-state index is 12.8. The van der Waals surface area contributed by atoms with E-state index in [9.17, 15) is 19.5 Å². The second kappa shape index (κ2) is 11.1. The number of carbonyl (C=O) groups excluding carboxylic acids is 2. The summed E-state index contributed by atoms with van der Waals surface area (Å²) in [6, 6.07) is 9.76. The highest BCUT2D eigenvalue weighted by molar-refractivity contribution is 9.10. The number of carbonyl (C=O) groups is 3. The number of rotatable bonds is 9. The van der Waals surface area contributed by atoms with Crippen molar-refractivity contribution in [2.24, 2.45) is 0 Å². The van der Waals surface area contributed by atoms with Crippen LogP contribution in [0.15, 0.2) is 59.1 Å². The minimum absolute atomic E-state index is 0.0268. The maximum absolute atomic E-state index is 12.8. The van der Waals surface area contributed by atoms with Gasteiger partial charge in [0.2, 0.25) is 0 Å². The first-order chi connectivity index (χ1) is 16.2. The van der Waals surface area contributed by atoms with Crippen molar-refractivity contribution in [1.29, 1.82) is 0 Å². The van der Waals surface area contributed by atoms with Crippen LogP contribution in [0.4, 0.5) is 0 Å². The minimum atomic E-state index is -1.02. The van der Waals surface area contributed by atoms with E-state index >= 15 is 0 Å². The van der Waals surface area contributed by atoms with Crippen molar-refractivity contribution in [1.82, 2.24) is 10.2 Å². The molecule has 0 unspecified atom stereocenters. The van der Waals surface area contributed by atoms with Crippen molar-refractivity contribution in [3.63, 3.8) is 0 Å². The summed E-state index contributed by atoms with van der Waals surface area (Å²) < 4.78 is 12.2. The fourth-order valence-electron chi connectivity index (χ4n) is 3.18. The molecule has 10 heteroatoms. The number of nitrogens with one attached hydrogen (secondary N) is 1. The number of carboxylic acids is 1. The number of aromatic carboxylic acids is 1. The first-order valence-electron chi connectivity index (χ1n) is 10.2. The Morgan fingerprint density at radius 2 is 2.03 bits per heavy atom. The molecule has 1 saturated heterocycles. The molecule has 3 rings (SSSR count). The van der Waals surface area contributed by atoms with Crippen molar-refractivity contribution in [2.75, 3.05) is 13.2 Å². The van der Waals surface area contributed by atoms with Crippen LogP contribution >= 0.6 is 28.1 Å². The molecule has 0 bridgehead atoms. The first kappa shape index (κ1) is 25.1. The quantitative estimate of drug-likeness (QED) is 0.213. The molecule has 2 aromatic carbocycles. The topological polar surface area (TPSA) is 105 Å². The van der Waals surface area contributed by atoms with Crippen molar-refractivity contribution in [3.05, 3.63) is 75.8 Å². The molecule has 0 aromatic heterocycles. The summed E-state index contributed by atoms with van der Waals surface area (Å²) in [4.78, 5) is 37.7. The third-order valence-corrected chi connectivity index (χ3v) is 5.61. The summed E-state index contributed by atoms with van der Waals surface area (Å²) in [6.07, 6.45) is 2.96. The molecular formula is C24H21BrN2O6S. The number of halogens is 1.